The van der Waals surface area contributed by atoms with Gasteiger partial charge in [0.05, 0.1) is 12.6 Å². The summed E-state index contributed by atoms with van der Waals surface area (Å²) in [5.41, 5.74) is 1.31. The molecule has 1 atom stereocenters. The summed E-state index contributed by atoms with van der Waals surface area (Å²) < 4.78 is 4.93. The topological polar surface area (TPSA) is 78.0 Å². The van der Waals surface area contributed by atoms with E-state index in [1.54, 1.807) is 7.11 Å². The van der Waals surface area contributed by atoms with Crippen molar-refractivity contribution < 1.29 is 9.53 Å². The number of carbonyl (C=O) groups is 1. The molecule has 0 radical (unpaired) electrons. The Bertz CT molecular complexity index is 579. The maximum atomic E-state index is 11.9. The van der Waals surface area contributed by atoms with Gasteiger partial charge in [-0.15, -0.1) is 24.0 Å². The molecule has 0 bridgehead atoms. The number of nitrogens with one attached hydrogen (secondary N) is 3. The lowest BCUT2D eigenvalue weighted by molar-refractivity contribution is -0.119. The minimum atomic E-state index is -0.108. The maximum Gasteiger partial charge on any atom is 0.241 e. The van der Waals surface area contributed by atoms with Crippen molar-refractivity contribution in [2.75, 3.05) is 53.0 Å². The van der Waals surface area contributed by atoms with Crippen LogP contribution in [0.25, 0.3) is 0 Å². The Morgan fingerprint density at radius 1 is 1.18 bits per heavy atom. The molecule has 0 saturated carbocycles. The third-order valence-corrected chi connectivity index (χ3v) is 4.58. The normalized spacial score (nSPS) is 15.6. The van der Waals surface area contributed by atoms with Crippen LogP contribution >= 0.6 is 24.0 Å². The summed E-state index contributed by atoms with van der Waals surface area (Å²) in [4.78, 5) is 18.8. The van der Waals surface area contributed by atoms with E-state index in [4.69, 9.17) is 4.74 Å². The van der Waals surface area contributed by atoms with Gasteiger partial charge < -0.3 is 20.7 Å². The molecule has 1 unspecified atom stereocenters. The van der Waals surface area contributed by atoms with Crippen LogP contribution < -0.4 is 16.0 Å². The van der Waals surface area contributed by atoms with Gasteiger partial charge in [-0.3, -0.25) is 9.69 Å². The zero-order valence-electron chi connectivity index (χ0n) is 16.9. The van der Waals surface area contributed by atoms with Crippen LogP contribution in [0.15, 0.2) is 35.3 Å². The lowest BCUT2D eigenvalue weighted by Crippen LogP contribution is -2.43. The fourth-order valence-corrected chi connectivity index (χ4v) is 3.22. The van der Waals surface area contributed by atoms with Crippen LogP contribution in [0.5, 0.6) is 0 Å². The van der Waals surface area contributed by atoms with Crippen LogP contribution in [0, 0.1) is 0 Å². The number of methoxy groups -OCH3 is 1. The smallest absolute Gasteiger partial charge is 0.241 e. The van der Waals surface area contributed by atoms with Crippen molar-refractivity contribution >= 4 is 35.8 Å². The van der Waals surface area contributed by atoms with Crippen LogP contribution in [0.3, 0.4) is 0 Å². The molecular formula is C20H34IN5O2. The Morgan fingerprint density at radius 3 is 2.54 bits per heavy atom. The second-order valence-corrected chi connectivity index (χ2v) is 6.59. The molecule has 3 N–H and O–H groups in total. The average molecular weight is 503 g/mol. The Morgan fingerprint density at radius 2 is 1.89 bits per heavy atom. The van der Waals surface area contributed by atoms with Crippen molar-refractivity contribution in [3.05, 3.63) is 35.9 Å². The molecule has 1 amide bonds. The minimum Gasteiger partial charge on any atom is -0.383 e. The summed E-state index contributed by atoms with van der Waals surface area (Å²) in [6, 6.07) is 10.9. The number of likely N-dealkylation sites (tertiary alicyclic amines) is 1. The lowest BCUT2D eigenvalue weighted by atomic mass is 10.1. The molecule has 1 aromatic carbocycles. The monoisotopic (exact) mass is 503 g/mol. The van der Waals surface area contributed by atoms with Crippen LogP contribution in [-0.4, -0.2) is 69.8 Å². The fourth-order valence-electron chi connectivity index (χ4n) is 3.22. The van der Waals surface area contributed by atoms with Crippen molar-refractivity contribution in [1.29, 1.82) is 0 Å². The number of hydrogen-bond acceptors (Lipinski definition) is 4. The molecule has 1 aromatic rings. The molecule has 28 heavy (non-hydrogen) atoms. The van der Waals surface area contributed by atoms with E-state index in [-0.39, 0.29) is 36.4 Å². The number of aliphatic imine (C=N–C) groups is 1. The fraction of sp³-hybridized carbons (Fsp3) is 0.600. The first kappa shape index (κ1) is 24.6. The number of carbonyl (C=O) groups excluding carboxylic acids is 1. The van der Waals surface area contributed by atoms with E-state index >= 15 is 0 Å². The van der Waals surface area contributed by atoms with E-state index in [0.29, 0.717) is 25.2 Å². The molecule has 7 nitrogen and oxygen atoms in total. The Kier molecular flexibility index (Phi) is 12.8. The van der Waals surface area contributed by atoms with E-state index < -0.39 is 0 Å². The van der Waals surface area contributed by atoms with Gasteiger partial charge in [0.25, 0.3) is 0 Å². The summed E-state index contributed by atoms with van der Waals surface area (Å²) in [6.45, 7) is 6.86. The molecule has 0 aromatic heterocycles. The first-order valence-electron chi connectivity index (χ1n) is 9.81. The largest absolute Gasteiger partial charge is 0.383 e. The number of nitrogens with zero attached hydrogens (tertiary/aromatic N) is 2. The summed E-state index contributed by atoms with van der Waals surface area (Å²) in [5, 5.41) is 9.41. The Labute approximate surface area is 185 Å². The van der Waals surface area contributed by atoms with Gasteiger partial charge in [0.2, 0.25) is 5.91 Å². The van der Waals surface area contributed by atoms with Crippen molar-refractivity contribution in [3.8, 4) is 0 Å². The third-order valence-electron chi connectivity index (χ3n) is 4.58. The van der Waals surface area contributed by atoms with E-state index in [1.165, 1.54) is 18.4 Å². The van der Waals surface area contributed by atoms with Crippen molar-refractivity contribution in [2.45, 2.75) is 25.8 Å². The van der Waals surface area contributed by atoms with E-state index in [9.17, 15) is 4.79 Å². The summed E-state index contributed by atoms with van der Waals surface area (Å²) in [5.74, 6) is 0.558. The summed E-state index contributed by atoms with van der Waals surface area (Å²) in [6.07, 6.45) is 2.50. The highest BCUT2D eigenvalue weighted by atomic mass is 127. The van der Waals surface area contributed by atoms with Gasteiger partial charge >= 0.3 is 0 Å². The highest BCUT2D eigenvalue weighted by Crippen LogP contribution is 2.24. The summed E-state index contributed by atoms with van der Waals surface area (Å²) in [7, 11) is 1.61. The molecule has 0 spiro atoms. The molecule has 1 fully saturated rings. The zero-order valence-corrected chi connectivity index (χ0v) is 19.3. The lowest BCUT2D eigenvalue weighted by Gasteiger charge is -2.29. The number of benzene rings is 1. The van der Waals surface area contributed by atoms with E-state index in [1.807, 2.05) is 13.0 Å². The number of amides is 1. The number of ether oxygens (including phenoxy) is 1. The van der Waals surface area contributed by atoms with Crippen LogP contribution in [0.2, 0.25) is 0 Å². The quantitative estimate of drug-likeness (QED) is 0.196. The van der Waals surface area contributed by atoms with Crippen molar-refractivity contribution in [3.63, 3.8) is 0 Å². The standard InChI is InChI=1S/C20H33N5O2.HI/c1-3-21-20(24-16-19(26)22-11-14-27-2)23-15-18(25-12-7-8-13-25)17-9-5-4-6-10-17;/h4-6,9-10,18H,3,7-8,11-16H2,1-2H3,(H,22,26)(H2,21,23,24);1H. The Balaban J connectivity index is 0.00000392. The third kappa shape index (κ3) is 8.74. The number of rotatable bonds is 10. The predicted molar refractivity (Wildman–Crippen MR) is 124 cm³/mol. The van der Waals surface area contributed by atoms with Gasteiger partial charge in [0.15, 0.2) is 5.96 Å². The van der Waals surface area contributed by atoms with Gasteiger partial charge in [0, 0.05) is 26.7 Å². The maximum absolute atomic E-state index is 11.9. The molecule has 1 aliphatic heterocycles. The SMILES string of the molecule is CCNC(=NCC(=O)NCCOC)NCC(c1ccccc1)N1CCCC1.I. The minimum absolute atomic E-state index is 0. The molecule has 158 valence electrons. The van der Waals surface area contributed by atoms with Crippen LogP contribution in [0.1, 0.15) is 31.4 Å². The van der Waals surface area contributed by atoms with Gasteiger partial charge in [-0.1, -0.05) is 30.3 Å². The van der Waals surface area contributed by atoms with Gasteiger partial charge in [-0.2, -0.15) is 0 Å². The predicted octanol–water partition coefficient (Wildman–Crippen LogP) is 1.76. The molecule has 0 aliphatic carbocycles. The van der Waals surface area contributed by atoms with Crippen molar-refractivity contribution in [2.24, 2.45) is 4.99 Å². The zero-order chi connectivity index (χ0) is 19.3. The average Bonchev–Trinajstić information content (AvgIpc) is 3.22. The first-order chi connectivity index (χ1) is 13.2. The number of halogens is 1. The molecule has 1 aliphatic rings. The molecular weight excluding hydrogens is 469 g/mol. The van der Waals surface area contributed by atoms with Crippen molar-refractivity contribution in [1.82, 2.24) is 20.9 Å². The number of hydrogen-bond donors (Lipinski definition) is 3. The van der Waals surface area contributed by atoms with E-state index in [0.717, 1.165) is 26.2 Å². The molecule has 1 heterocycles. The number of guanidine groups is 1. The van der Waals surface area contributed by atoms with E-state index in [2.05, 4.69) is 50.1 Å². The van der Waals surface area contributed by atoms with Gasteiger partial charge in [0.1, 0.15) is 6.54 Å². The highest BCUT2D eigenvalue weighted by molar-refractivity contribution is 14.0. The molecule has 2 rings (SSSR count). The summed E-state index contributed by atoms with van der Waals surface area (Å²) >= 11 is 0. The van der Waals surface area contributed by atoms with Gasteiger partial charge in [-0.05, 0) is 38.4 Å². The Hall–Kier alpha value is -1.39. The van der Waals surface area contributed by atoms with Crippen LogP contribution in [0.4, 0.5) is 0 Å². The second kappa shape index (κ2) is 14.6. The van der Waals surface area contributed by atoms with Gasteiger partial charge in [-0.25, -0.2) is 4.99 Å². The van der Waals surface area contributed by atoms with Crippen LogP contribution in [-0.2, 0) is 9.53 Å². The second-order valence-electron chi connectivity index (χ2n) is 6.59. The highest BCUT2D eigenvalue weighted by Gasteiger charge is 2.23. The first-order valence-corrected chi connectivity index (χ1v) is 9.81. The molecule has 8 heteroatoms. The molecule has 1 saturated heterocycles.